The molecular weight excluding hydrogens is 200 g/mol. The van der Waals surface area contributed by atoms with Crippen LogP contribution in [0.2, 0.25) is 0 Å². The van der Waals surface area contributed by atoms with E-state index in [1.165, 1.54) is 24.3 Å². The lowest BCUT2D eigenvalue weighted by Crippen LogP contribution is -1.91. The summed E-state index contributed by atoms with van der Waals surface area (Å²) in [5.41, 5.74) is 3.19. The van der Waals surface area contributed by atoms with Gasteiger partial charge in [-0.2, -0.15) is 5.11 Å². The largest absolute Gasteiger partial charge is 0.394 e. The molecule has 0 unspecified atom stereocenters. The van der Waals surface area contributed by atoms with Crippen LogP contribution in [0.1, 0.15) is 0 Å². The van der Waals surface area contributed by atoms with E-state index in [1.807, 2.05) is 0 Å². The van der Waals surface area contributed by atoms with Crippen molar-refractivity contribution in [1.29, 1.82) is 0 Å². The van der Waals surface area contributed by atoms with Crippen molar-refractivity contribution in [3.05, 3.63) is 34.4 Å². The Balaban J connectivity index is 2.53. The van der Waals surface area contributed by atoms with E-state index in [0.29, 0.717) is 5.69 Å². The lowest BCUT2D eigenvalue weighted by Gasteiger charge is -1.97. The Morgan fingerprint density at radius 3 is 2.60 bits per heavy atom. The summed E-state index contributed by atoms with van der Waals surface area (Å²) in [6.07, 6.45) is 0. The van der Waals surface area contributed by atoms with Crippen LogP contribution in [0.4, 0.5) is 11.4 Å². The molecule has 7 heteroatoms. The maximum atomic E-state index is 10.3. The third-order valence-electron chi connectivity index (χ3n) is 1.53. The van der Waals surface area contributed by atoms with Gasteiger partial charge in [-0.05, 0) is 12.1 Å². The summed E-state index contributed by atoms with van der Waals surface area (Å²) >= 11 is 0. The number of aliphatic hydroxyl groups is 1. The topological polar surface area (TPSA) is 100 Å². The summed E-state index contributed by atoms with van der Waals surface area (Å²) in [6.45, 7) is 0.158. The van der Waals surface area contributed by atoms with Gasteiger partial charge in [0.05, 0.1) is 23.8 Å². The van der Waals surface area contributed by atoms with Crippen LogP contribution in [0.5, 0.6) is 0 Å². The van der Waals surface area contributed by atoms with Crippen molar-refractivity contribution in [1.82, 2.24) is 0 Å². The van der Waals surface area contributed by atoms with Gasteiger partial charge in [-0.3, -0.25) is 15.5 Å². The first kappa shape index (κ1) is 11.1. The fraction of sp³-hybridized carbons (Fsp3) is 0.250. The second-order valence-electron chi connectivity index (χ2n) is 2.60. The minimum Gasteiger partial charge on any atom is -0.394 e. The van der Waals surface area contributed by atoms with Gasteiger partial charge in [0.2, 0.25) is 0 Å². The fourth-order valence-corrected chi connectivity index (χ4v) is 0.845. The zero-order chi connectivity index (χ0) is 11.1. The number of anilines is 1. The number of benzene rings is 1. The summed E-state index contributed by atoms with van der Waals surface area (Å²) in [5, 5.41) is 25.9. The molecule has 0 aliphatic heterocycles. The van der Waals surface area contributed by atoms with Gasteiger partial charge in [-0.25, -0.2) is 0 Å². The Labute approximate surface area is 85.6 Å². The van der Waals surface area contributed by atoms with E-state index in [1.54, 1.807) is 0 Å². The van der Waals surface area contributed by atoms with Crippen molar-refractivity contribution in [2.45, 2.75) is 0 Å². The molecule has 0 spiro atoms. The van der Waals surface area contributed by atoms with Crippen LogP contribution in [0.25, 0.3) is 0 Å². The SMILES string of the molecule is O=[N+]([O-])c1ccc(NN=NCCO)cc1. The predicted octanol–water partition coefficient (Wildman–Crippen LogP) is 1.37. The molecular formula is C8H10N4O3. The van der Waals surface area contributed by atoms with E-state index >= 15 is 0 Å². The number of nitro benzene ring substituents is 1. The highest BCUT2D eigenvalue weighted by atomic mass is 16.6. The maximum absolute atomic E-state index is 10.3. The summed E-state index contributed by atoms with van der Waals surface area (Å²) in [6, 6.07) is 5.78. The molecule has 2 N–H and O–H groups in total. The van der Waals surface area contributed by atoms with E-state index in [2.05, 4.69) is 15.8 Å². The van der Waals surface area contributed by atoms with Gasteiger partial charge >= 0.3 is 0 Å². The Bertz CT molecular complexity index is 349. The van der Waals surface area contributed by atoms with Crippen LogP contribution in [-0.4, -0.2) is 23.2 Å². The molecule has 0 bridgehead atoms. The van der Waals surface area contributed by atoms with Crippen LogP contribution in [0.15, 0.2) is 34.6 Å². The molecule has 0 radical (unpaired) electrons. The van der Waals surface area contributed by atoms with Crippen LogP contribution in [-0.2, 0) is 0 Å². The standard InChI is InChI=1S/C8H10N4O3/c13-6-5-9-11-10-7-1-3-8(4-2-7)12(14)15/h1-4,13H,5-6H2,(H,9,10). The molecule has 0 aliphatic carbocycles. The molecule has 0 heterocycles. The van der Waals surface area contributed by atoms with Crippen molar-refractivity contribution in [3.8, 4) is 0 Å². The van der Waals surface area contributed by atoms with Crippen LogP contribution in [0.3, 0.4) is 0 Å². The molecule has 0 fully saturated rings. The maximum Gasteiger partial charge on any atom is 0.269 e. The predicted molar refractivity (Wildman–Crippen MR) is 53.5 cm³/mol. The number of rotatable bonds is 5. The molecule has 0 aliphatic rings. The molecule has 1 rings (SSSR count). The molecule has 1 aromatic rings. The van der Waals surface area contributed by atoms with Gasteiger partial charge in [0.25, 0.3) is 5.69 Å². The summed E-state index contributed by atoms with van der Waals surface area (Å²) in [4.78, 5) is 9.85. The minimum atomic E-state index is -0.475. The molecule has 80 valence electrons. The third-order valence-corrected chi connectivity index (χ3v) is 1.53. The number of nitrogens with one attached hydrogen (secondary N) is 1. The Hall–Kier alpha value is -2.02. The monoisotopic (exact) mass is 210 g/mol. The van der Waals surface area contributed by atoms with E-state index in [4.69, 9.17) is 5.11 Å². The minimum absolute atomic E-state index is 0.0212. The summed E-state index contributed by atoms with van der Waals surface area (Å²) in [7, 11) is 0. The van der Waals surface area contributed by atoms with Gasteiger partial charge < -0.3 is 5.11 Å². The Morgan fingerprint density at radius 2 is 2.07 bits per heavy atom. The highest BCUT2D eigenvalue weighted by molar-refractivity contribution is 5.47. The highest BCUT2D eigenvalue weighted by Crippen LogP contribution is 2.15. The van der Waals surface area contributed by atoms with Crippen molar-refractivity contribution in [2.75, 3.05) is 18.6 Å². The first-order valence-corrected chi connectivity index (χ1v) is 4.22. The number of hydrogen-bond acceptors (Lipinski definition) is 5. The Morgan fingerprint density at radius 1 is 1.40 bits per heavy atom. The summed E-state index contributed by atoms with van der Waals surface area (Å²) < 4.78 is 0. The molecule has 0 amide bonds. The molecule has 1 aromatic carbocycles. The molecule has 15 heavy (non-hydrogen) atoms. The van der Waals surface area contributed by atoms with E-state index in [-0.39, 0.29) is 18.8 Å². The molecule has 0 aromatic heterocycles. The number of nitrogens with zero attached hydrogens (tertiary/aromatic N) is 3. The van der Waals surface area contributed by atoms with Crippen molar-refractivity contribution in [3.63, 3.8) is 0 Å². The average molecular weight is 210 g/mol. The fourth-order valence-electron chi connectivity index (χ4n) is 0.845. The van der Waals surface area contributed by atoms with Gasteiger partial charge in [-0.1, -0.05) is 5.22 Å². The summed E-state index contributed by atoms with van der Waals surface area (Å²) in [5.74, 6) is 0. The van der Waals surface area contributed by atoms with Gasteiger partial charge in [0, 0.05) is 12.1 Å². The van der Waals surface area contributed by atoms with Crippen LogP contribution < -0.4 is 5.43 Å². The number of non-ortho nitro benzene ring substituents is 1. The second-order valence-corrected chi connectivity index (χ2v) is 2.60. The van der Waals surface area contributed by atoms with Crippen molar-refractivity contribution in [2.24, 2.45) is 10.3 Å². The number of aliphatic hydroxyl groups excluding tert-OH is 1. The van der Waals surface area contributed by atoms with E-state index < -0.39 is 4.92 Å². The zero-order valence-corrected chi connectivity index (χ0v) is 7.83. The van der Waals surface area contributed by atoms with Crippen molar-refractivity contribution < 1.29 is 10.0 Å². The molecule has 0 saturated carbocycles. The number of nitro groups is 1. The second kappa shape index (κ2) is 5.66. The van der Waals surface area contributed by atoms with Crippen molar-refractivity contribution >= 4 is 11.4 Å². The molecule has 0 atom stereocenters. The molecule has 7 nitrogen and oxygen atoms in total. The van der Waals surface area contributed by atoms with E-state index in [9.17, 15) is 10.1 Å². The molecule has 0 saturated heterocycles. The quantitative estimate of drug-likeness (QED) is 0.435. The van der Waals surface area contributed by atoms with Gasteiger partial charge in [0.15, 0.2) is 0 Å². The lowest BCUT2D eigenvalue weighted by molar-refractivity contribution is -0.384. The highest BCUT2D eigenvalue weighted by Gasteiger charge is 2.02. The lowest BCUT2D eigenvalue weighted by atomic mass is 10.3. The first-order chi connectivity index (χ1) is 7.24. The first-order valence-electron chi connectivity index (χ1n) is 4.22. The Kier molecular flexibility index (Phi) is 4.17. The van der Waals surface area contributed by atoms with Gasteiger partial charge in [0.1, 0.15) is 0 Å². The number of hydrogen-bond donors (Lipinski definition) is 2. The smallest absolute Gasteiger partial charge is 0.269 e. The normalized spacial score (nSPS) is 10.5. The average Bonchev–Trinajstić information content (AvgIpc) is 2.25. The van der Waals surface area contributed by atoms with Crippen LogP contribution >= 0.6 is 0 Å². The van der Waals surface area contributed by atoms with E-state index in [0.717, 1.165) is 0 Å². The van der Waals surface area contributed by atoms with Gasteiger partial charge in [-0.15, -0.1) is 0 Å². The van der Waals surface area contributed by atoms with Crippen LogP contribution in [0, 0.1) is 10.1 Å². The third kappa shape index (κ3) is 3.69. The zero-order valence-electron chi connectivity index (χ0n) is 7.83.